The van der Waals surface area contributed by atoms with Gasteiger partial charge in [-0.05, 0) is 105 Å². The van der Waals surface area contributed by atoms with Crippen molar-refractivity contribution in [2.45, 2.75) is 154 Å². The Hall–Kier alpha value is -5.05. The number of nitrogens with zero attached hydrogens (tertiary/aromatic N) is 3. The molecule has 14 nitrogen and oxygen atoms in total. The first kappa shape index (κ1) is 53.9. The summed E-state index contributed by atoms with van der Waals surface area (Å²) in [7, 11) is 0. The molecule has 2 aliphatic carbocycles. The highest BCUT2D eigenvalue weighted by Crippen LogP contribution is 2.62. The number of hydrogen-bond donors (Lipinski definition) is 3. The number of ether oxygens (including phenoxy) is 3. The fourth-order valence-electron chi connectivity index (χ4n) is 10.4. The number of nitro benzene ring substituents is 1. The maximum atomic E-state index is 14.7. The third kappa shape index (κ3) is 14.5. The van der Waals surface area contributed by atoms with Crippen molar-refractivity contribution >= 4 is 29.5 Å². The van der Waals surface area contributed by atoms with Crippen LogP contribution in [0.4, 0.5) is 10.5 Å². The highest BCUT2D eigenvalue weighted by Gasteiger charge is 2.65. The lowest BCUT2D eigenvalue weighted by atomic mass is 9.55. The second-order valence-corrected chi connectivity index (χ2v) is 18.4. The average Bonchev–Trinajstić information content (AvgIpc) is 3.34. The van der Waals surface area contributed by atoms with Gasteiger partial charge in [-0.25, -0.2) is 4.79 Å². The van der Waals surface area contributed by atoms with Gasteiger partial charge in [0.1, 0.15) is 24.1 Å². The second kappa shape index (κ2) is 28.4. The number of oxime groups is 1. The van der Waals surface area contributed by atoms with Crippen molar-refractivity contribution < 1.29 is 43.8 Å². The molecule has 0 spiro atoms. The summed E-state index contributed by atoms with van der Waals surface area (Å²) in [5.74, 6) is -1.59. The lowest BCUT2D eigenvalue weighted by Crippen LogP contribution is -2.70. The lowest BCUT2D eigenvalue weighted by Gasteiger charge is -2.60. The summed E-state index contributed by atoms with van der Waals surface area (Å²) >= 11 is 0. The van der Waals surface area contributed by atoms with Gasteiger partial charge >= 0.3 is 6.09 Å². The third-order valence-electron chi connectivity index (χ3n) is 13.6. The normalized spacial score (nSPS) is 22.2. The zero-order valence-corrected chi connectivity index (χ0v) is 40.9. The molecule has 0 radical (unpaired) electrons. The minimum atomic E-state index is -1.45. The molecule has 3 N–H and O–H groups in total. The van der Waals surface area contributed by atoms with Crippen LogP contribution >= 0.6 is 0 Å². The van der Waals surface area contributed by atoms with E-state index in [1.807, 2.05) is 26.0 Å². The van der Waals surface area contributed by atoms with Crippen LogP contribution in [0.1, 0.15) is 153 Å². The Labute approximate surface area is 404 Å². The Morgan fingerprint density at radius 2 is 1.62 bits per heavy atom. The standard InChI is InChI=1S/C54H78N4O10/c1-5-9-10-11-12-13-14-15-16-19-32-55-53(62)67-43-29-30-48-46(38-43)51-44(23-18-21-35-60)41(22-17-20-34-59)37-45-47(56-66-8-4)39-49(54(68-48,52(45)51)65-36-7-3)57(33-6-2)50(61)31-26-40-24-27-42(28-25-40)58(63)64/h7,24-31,37-38,41,44,49,51-52,59-60H,3,5-6,8-23,32-36,39H2,1-2,4H3,(H,55,62)/t41-,44+,49-,51+,52+,54+/m0/s1. The molecule has 0 saturated heterocycles. The number of aliphatic hydroxyl groups is 2. The number of benzene rings is 2. The number of carbonyl (C=O) groups excluding carboxylic acids is 2. The maximum absolute atomic E-state index is 14.7. The molecule has 1 heterocycles. The number of hydrogen-bond acceptors (Lipinski definition) is 11. The zero-order valence-electron chi connectivity index (χ0n) is 40.9. The van der Waals surface area contributed by atoms with Crippen molar-refractivity contribution in [3.05, 3.63) is 94.1 Å². The summed E-state index contributed by atoms with van der Waals surface area (Å²) in [6.07, 6.45) is 23.9. The number of nitrogens with one attached hydrogen (secondary N) is 1. The van der Waals surface area contributed by atoms with Gasteiger partial charge in [0, 0.05) is 62.4 Å². The SMILES string of the molecule is C=CCO[C@@]12Oc3ccc(OC(=O)NCCCCCCCCCCCC)cc3[C@H]3[C@H](CCCCO)[C@@H](CCCCO)C=C(C(=NOCC)C[C@@H]1N(CCC)C(=O)C=Cc1ccc([N+](=O)[O-])cc1)[C@H]32. The molecule has 68 heavy (non-hydrogen) atoms. The number of rotatable bonds is 31. The number of allylic oxidation sites excluding steroid dienone is 1. The Morgan fingerprint density at radius 1 is 0.926 bits per heavy atom. The van der Waals surface area contributed by atoms with Crippen LogP contribution in [0.3, 0.4) is 0 Å². The van der Waals surface area contributed by atoms with Crippen LogP contribution in [-0.2, 0) is 14.4 Å². The number of carbonyl (C=O) groups is 2. The fourth-order valence-corrected chi connectivity index (χ4v) is 10.4. The molecule has 0 unspecified atom stereocenters. The van der Waals surface area contributed by atoms with E-state index >= 15 is 0 Å². The van der Waals surface area contributed by atoms with E-state index in [4.69, 9.17) is 24.2 Å². The van der Waals surface area contributed by atoms with Crippen molar-refractivity contribution in [3.63, 3.8) is 0 Å². The van der Waals surface area contributed by atoms with Crippen LogP contribution < -0.4 is 14.8 Å². The van der Waals surface area contributed by atoms with Gasteiger partial charge in [-0.2, -0.15) is 0 Å². The number of unbranched alkanes of at least 4 members (excludes halogenated alkanes) is 11. The Kier molecular flexibility index (Phi) is 22.5. The average molecular weight is 943 g/mol. The summed E-state index contributed by atoms with van der Waals surface area (Å²) in [5, 5.41) is 38.9. The molecule has 0 bridgehead atoms. The number of amides is 2. The summed E-state index contributed by atoms with van der Waals surface area (Å²) in [6, 6.07) is 10.8. The Bertz CT molecular complexity index is 2000. The van der Waals surface area contributed by atoms with Gasteiger partial charge in [-0.3, -0.25) is 14.9 Å². The summed E-state index contributed by atoms with van der Waals surface area (Å²) < 4.78 is 20.3. The van der Waals surface area contributed by atoms with Crippen LogP contribution in [0.15, 0.2) is 78.0 Å². The molecular formula is C54H78N4O10. The molecule has 3 aliphatic rings. The van der Waals surface area contributed by atoms with E-state index in [9.17, 15) is 29.9 Å². The minimum absolute atomic E-state index is 0.00628. The predicted octanol–water partition coefficient (Wildman–Crippen LogP) is 11.2. The summed E-state index contributed by atoms with van der Waals surface area (Å²) in [5.41, 5.74) is 3.03. The number of non-ortho nitro benzene ring substituents is 1. The first-order chi connectivity index (χ1) is 33.2. The topological polar surface area (TPSA) is 182 Å². The van der Waals surface area contributed by atoms with Crippen LogP contribution in [-0.4, -0.2) is 89.1 Å². The van der Waals surface area contributed by atoms with Crippen molar-refractivity contribution in [2.75, 3.05) is 39.5 Å². The fraction of sp³-hybridized carbons (Fsp3) is 0.611. The smallest absolute Gasteiger partial charge is 0.412 e. The quantitative estimate of drug-likeness (QED) is 0.0216. The molecule has 14 heteroatoms. The van der Waals surface area contributed by atoms with E-state index in [-0.39, 0.29) is 55.6 Å². The van der Waals surface area contributed by atoms with Crippen LogP contribution in [0, 0.1) is 27.9 Å². The van der Waals surface area contributed by atoms with E-state index in [0.29, 0.717) is 61.7 Å². The molecule has 1 saturated carbocycles. The third-order valence-corrected chi connectivity index (χ3v) is 13.6. The van der Waals surface area contributed by atoms with Crippen molar-refractivity contribution in [3.8, 4) is 11.5 Å². The van der Waals surface area contributed by atoms with E-state index < -0.39 is 28.8 Å². The van der Waals surface area contributed by atoms with Crippen molar-refractivity contribution in [2.24, 2.45) is 22.9 Å². The Balaban J connectivity index is 1.54. The monoisotopic (exact) mass is 943 g/mol. The van der Waals surface area contributed by atoms with Gasteiger partial charge in [0.2, 0.25) is 11.7 Å². The minimum Gasteiger partial charge on any atom is -0.459 e. The highest BCUT2D eigenvalue weighted by atomic mass is 16.7. The summed E-state index contributed by atoms with van der Waals surface area (Å²) in [6.45, 7) is 11.6. The molecule has 1 fully saturated rings. The van der Waals surface area contributed by atoms with E-state index in [1.165, 1.54) is 63.2 Å². The van der Waals surface area contributed by atoms with Crippen molar-refractivity contribution in [1.82, 2.24) is 10.2 Å². The van der Waals surface area contributed by atoms with E-state index in [2.05, 4.69) is 24.9 Å². The molecule has 1 aliphatic heterocycles. The first-order valence-corrected chi connectivity index (χ1v) is 25.5. The molecule has 5 rings (SSSR count). The van der Waals surface area contributed by atoms with Crippen LogP contribution in [0.5, 0.6) is 11.5 Å². The maximum Gasteiger partial charge on any atom is 0.412 e. The van der Waals surface area contributed by atoms with Gasteiger partial charge < -0.3 is 39.5 Å². The number of fused-ring (bicyclic) bond motifs is 2. The van der Waals surface area contributed by atoms with Gasteiger partial charge in [0.05, 0.1) is 23.2 Å². The van der Waals surface area contributed by atoms with Gasteiger partial charge in [-0.1, -0.05) is 102 Å². The molecule has 374 valence electrons. The number of nitro groups is 1. The van der Waals surface area contributed by atoms with Crippen LogP contribution in [0.2, 0.25) is 0 Å². The zero-order chi connectivity index (χ0) is 48.7. The molecule has 2 aromatic carbocycles. The predicted molar refractivity (Wildman–Crippen MR) is 267 cm³/mol. The molecule has 0 aromatic heterocycles. The van der Waals surface area contributed by atoms with Gasteiger partial charge in [-0.15, -0.1) is 6.58 Å². The molecule has 6 atom stereocenters. The molecular weight excluding hydrogens is 865 g/mol. The van der Waals surface area contributed by atoms with Gasteiger partial charge in [0.25, 0.3) is 5.69 Å². The van der Waals surface area contributed by atoms with Gasteiger partial charge in [0.15, 0.2) is 0 Å². The molecule has 2 amide bonds. The first-order valence-electron chi connectivity index (χ1n) is 25.5. The molecule has 2 aromatic rings. The van der Waals surface area contributed by atoms with E-state index in [1.54, 1.807) is 35.3 Å². The Morgan fingerprint density at radius 3 is 2.26 bits per heavy atom. The highest BCUT2D eigenvalue weighted by molar-refractivity contribution is 6.03. The largest absolute Gasteiger partial charge is 0.459 e. The lowest BCUT2D eigenvalue weighted by molar-refractivity contribution is -0.384. The van der Waals surface area contributed by atoms with Crippen LogP contribution in [0.25, 0.3) is 6.08 Å². The number of aliphatic hydroxyl groups excluding tert-OH is 2. The van der Waals surface area contributed by atoms with E-state index in [0.717, 1.165) is 56.1 Å². The second-order valence-electron chi connectivity index (χ2n) is 18.4. The summed E-state index contributed by atoms with van der Waals surface area (Å²) in [4.78, 5) is 46.5. The van der Waals surface area contributed by atoms with Crippen molar-refractivity contribution in [1.29, 1.82) is 0 Å².